The van der Waals surface area contributed by atoms with Gasteiger partial charge in [0.2, 0.25) is 0 Å². The van der Waals surface area contributed by atoms with Crippen LogP contribution in [0.15, 0.2) is 72.8 Å². The van der Waals surface area contributed by atoms with Crippen molar-refractivity contribution in [2.45, 2.75) is 25.8 Å². The number of rotatable bonds is 8. The number of hydrogen-bond donors (Lipinski definition) is 1. The molecule has 0 aliphatic heterocycles. The van der Waals surface area contributed by atoms with Gasteiger partial charge < -0.3 is 14.8 Å². The van der Waals surface area contributed by atoms with Crippen molar-refractivity contribution in [3.63, 3.8) is 0 Å². The highest BCUT2D eigenvalue weighted by atomic mass is 16.5. The molecule has 3 aromatic rings. The smallest absolute Gasteiger partial charge is 0.252 e. The summed E-state index contributed by atoms with van der Waals surface area (Å²) < 4.78 is 10.7. The lowest BCUT2D eigenvalue weighted by molar-refractivity contribution is 0.0939. The Hall–Kier alpha value is -3.27. The quantitative estimate of drug-likeness (QED) is 0.591. The Labute approximate surface area is 172 Å². The Balaban J connectivity index is 1.72. The Bertz CT molecular complexity index is 953. The highest BCUT2D eigenvalue weighted by Gasteiger charge is 2.16. The van der Waals surface area contributed by atoms with Gasteiger partial charge >= 0.3 is 0 Å². The van der Waals surface area contributed by atoms with Crippen LogP contribution in [0.25, 0.3) is 0 Å². The fraction of sp³-hybridized carbons (Fsp3) is 0.240. The first-order valence-electron chi connectivity index (χ1n) is 9.77. The van der Waals surface area contributed by atoms with Crippen molar-refractivity contribution in [2.24, 2.45) is 0 Å². The predicted molar refractivity (Wildman–Crippen MR) is 116 cm³/mol. The molecule has 0 fully saturated rings. The van der Waals surface area contributed by atoms with Crippen LogP contribution >= 0.6 is 0 Å². The van der Waals surface area contributed by atoms with E-state index in [4.69, 9.17) is 9.47 Å². The minimum absolute atomic E-state index is 0.0732. The summed E-state index contributed by atoms with van der Waals surface area (Å²) in [5.41, 5.74) is 3.99. The van der Waals surface area contributed by atoms with Gasteiger partial charge in [0.1, 0.15) is 0 Å². The second kappa shape index (κ2) is 9.78. The minimum Gasteiger partial charge on any atom is -0.493 e. The van der Waals surface area contributed by atoms with Crippen molar-refractivity contribution in [1.29, 1.82) is 0 Å². The van der Waals surface area contributed by atoms with E-state index >= 15 is 0 Å². The minimum atomic E-state index is -0.163. The standard InChI is InChI=1S/C25H27NO3/c1-18(21-15-16-23(28-2)24(17-21)29-3)26-25(27)22-12-8-7-11-20(22)14-13-19-9-5-4-6-10-19/h4-12,15-18H,13-14H2,1-3H3,(H,26,27). The third-order valence-electron chi connectivity index (χ3n) is 5.04. The number of amides is 1. The summed E-state index contributed by atoms with van der Waals surface area (Å²) in [6, 6.07) is 23.6. The lowest BCUT2D eigenvalue weighted by Crippen LogP contribution is -2.27. The first kappa shape index (κ1) is 20.5. The van der Waals surface area contributed by atoms with Crippen LogP contribution in [0.4, 0.5) is 0 Å². The molecule has 3 rings (SSSR count). The third kappa shape index (κ3) is 5.17. The van der Waals surface area contributed by atoms with Gasteiger partial charge in [0.25, 0.3) is 5.91 Å². The molecular weight excluding hydrogens is 362 g/mol. The highest BCUT2D eigenvalue weighted by molar-refractivity contribution is 5.96. The Morgan fingerprint density at radius 1 is 0.862 bits per heavy atom. The number of carbonyl (C=O) groups excluding carboxylic acids is 1. The monoisotopic (exact) mass is 389 g/mol. The van der Waals surface area contributed by atoms with Gasteiger partial charge in [-0.15, -0.1) is 0 Å². The molecule has 3 aromatic carbocycles. The van der Waals surface area contributed by atoms with Crippen LogP contribution in [-0.4, -0.2) is 20.1 Å². The summed E-state index contributed by atoms with van der Waals surface area (Å²) in [4.78, 5) is 13.0. The maximum Gasteiger partial charge on any atom is 0.252 e. The predicted octanol–water partition coefficient (Wildman–Crippen LogP) is 4.98. The molecule has 29 heavy (non-hydrogen) atoms. The van der Waals surface area contributed by atoms with E-state index in [0.29, 0.717) is 11.5 Å². The van der Waals surface area contributed by atoms with Crippen LogP contribution in [0.5, 0.6) is 11.5 Å². The van der Waals surface area contributed by atoms with Gasteiger partial charge in [0.15, 0.2) is 11.5 Å². The van der Waals surface area contributed by atoms with E-state index in [1.54, 1.807) is 14.2 Å². The second-order valence-electron chi connectivity index (χ2n) is 6.95. The van der Waals surface area contributed by atoms with Gasteiger partial charge in [-0.3, -0.25) is 4.79 Å². The number of aryl methyl sites for hydroxylation is 2. The van der Waals surface area contributed by atoms with E-state index in [1.807, 2.05) is 67.6 Å². The number of methoxy groups -OCH3 is 2. The average Bonchev–Trinajstić information content (AvgIpc) is 2.78. The van der Waals surface area contributed by atoms with Gasteiger partial charge in [-0.1, -0.05) is 54.6 Å². The Morgan fingerprint density at radius 3 is 2.28 bits per heavy atom. The van der Waals surface area contributed by atoms with E-state index in [-0.39, 0.29) is 11.9 Å². The van der Waals surface area contributed by atoms with Crippen LogP contribution in [-0.2, 0) is 12.8 Å². The molecule has 0 saturated carbocycles. The van der Waals surface area contributed by atoms with Crippen LogP contribution < -0.4 is 14.8 Å². The number of benzene rings is 3. The molecule has 0 bridgehead atoms. The molecule has 0 aliphatic rings. The van der Waals surface area contributed by atoms with E-state index in [9.17, 15) is 4.79 Å². The summed E-state index contributed by atoms with van der Waals surface area (Å²) in [7, 11) is 3.21. The second-order valence-corrected chi connectivity index (χ2v) is 6.95. The lowest BCUT2D eigenvalue weighted by atomic mass is 9.99. The summed E-state index contributed by atoms with van der Waals surface area (Å²) in [6.07, 6.45) is 1.72. The number of carbonyl (C=O) groups is 1. The molecule has 0 aromatic heterocycles. The van der Waals surface area contributed by atoms with E-state index in [1.165, 1.54) is 5.56 Å². The molecule has 0 radical (unpaired) electrons. The summed E-state index contributed by atoms with van der Waals surface area (Å²) in [5, 5.41) is 3.10. The van der Waals surface area contributed by atoms with E-state index < -0.39 is 0 Å². The van der Waals surface area contributed by atoms with Crippen LogP contribution in [0.3, 0.4) is 0 Å². The van der Waals surface area contributed by atoms with Gasteiger partial charge in [0, 0.05) is 5.56 Å². The molecular formula is C25H27NO3. The number of ether oxygens (including phenoxy) is 2. The zero-order chi connectivity index (χ0) is 20.6. The lowest BCUT2D eigenvalue weighted by Gasteiger charge is -2.18. The van der Waals surface area contributed by atoms with Crippen molar-refractivity contribution >= 4 is 5.91 Å². The summed E-state index contributed by atoms with van der Waals surface area (Å²) >= 11 is 0. The zero-order valence-electron chi connectivity index (χ0n) is 17.1. The maximum absolute atomic E-state index is 13.0. The molecule has 1 N–H and O–H groups in total. The molecule has 4 nitrogen and oxygen atoms in total. The summed E-state index contributed by atoms with van der Waals surface area (Å²) in [6.45, 7) is 1.96. The van der Waals surface area contributed by atoms with Gasteiger partial charge in [0.05, 0.1) is 20.3 Å². The molecule has 4 heteroatoms. The van der Waals surface area contributed by atoms with Crippen LogP contribution in [0.1, 0.15) is 40.0 Å². The molecule has 0 aliphatic carbocycles. The average molecular weight is 389 g/mol. The van der Waals surface area contributed by atoms with Gasteiger partial charge in [-0.2, -0.15) is 0 Å². The van der Waals surface area contributed by atoms with Crippen molar-refractivity contribution < 1.29 is 14.3 Å². The first-order chi connectivity index (χ1) is 14.1. The Morgan fingerprint density at radius 2 is 1.55 bits per heavy atom. The molecule has 1 atom stereocenters. The maximum atomic E-state index is 13.0. The van der Waals surface area contributed by atoms with E-state index in [2.05, 4.69) is 17.4 Å². The van der Waals surface area contributed by atoms with Crippen molar-refractivity contribution in [1.82, 2.24) is 5.32 Å². The molecule has 0 saturated heterocycles. The van der Waals surface area contributed by atoms with Gasteiger partial charge in [-0.25, -0.2) is 0 Å². The SMILES string of the molecule is COc1ccc(C(C)NC(=O)c2ccccc2CCc2ccccc2)cc1OC. The highest BCUT2D eigenvalue weighted by Crippen LogP contribution is 2.30. The number of hydrogen-bond acceptors (Lipinski definition) is 3. The molecule has 150 valence electrons. The Kier molecular flexibility index (Phi) is 6.90. The first-order valence-corrected chi connectivity index (χ1v) is 9.77. The molecule has 0 spiro atoms. The van der Waals surface area contributed by atoms with Crippen molar-refractivity contribution in [3.05, 3.63) is 95.1 Å². The molecule has 0 heterocycles. The van der Waals surface area contributed by atoms with E-state index in [0.717, 1.165) is 29.5 Å². The largest absolute Gasteiger partial charge is 0.493 e. The molecule has 1 unspecified atom stereocenters. The van der Waals surface area contributed by atoms with Crippen LogP contribution in [0.2, 0.25) is 0 Å². The molecule has 1 amide bonds. The fourth-order valence-electron chi connectivity index (χ4n) is 3.36. The zero-order valence-corrected chi connectivity index (χ0v) is 17.1. The normalized spacial score (nSPS) is 11.6. The van der Waals surface area contributed by atoms with Gasteiger partial charge in [-0.05, 0) is 54.7 Å². The summed E-state index contributed by atoms with van der Waals surface area (Å²) in [5.74, 6) is 1.24. The fourth-order valence-corrected chi connectivity index (χ4v) is 3.36. The third-order valence-corrected chi connectivity index (χ3v) is 5.04. The van der Waals surface area contributed by atoms with Crippen molar-refractivity contribution in [3.8, 4) is 11.5 Å². The number of nitrogens with one attached hydrogen (secondary N) is 1. The van der Waals surface area contributed by atoms with Crippen molar-refractivity contribution in [2.75, 3.05) is 14.2 Å². The van der Waals surface area contributed by atoms with Crippen LogP contribution in [0, 0.1) is 0 Å². The topological polar surface area (TPSA) is 47.6 Å².